The lowest BCUT2D eigenvalue weighted by atomic mass is 10.3. The lowest BCUT2D eigenvalue weighted by Gasteiger charge is -1.97. The first-order valence-corrected chi connectivity index (χ1v) is 9.07. The van der Waals surface area contributed by atoms with E-state index in [1.165, 1.54) is 0 Å². The van der Waals surface area contributed by atoms with Crippen LogP contribution in [-0.2, 0) is 19.7 Å². The average Bonchev–Trinajstić information content (AvgIpc) is 2.57. The van der Waals surface area contributed by atoms with Gasteiger partial charge in [-0.05, 0) is 12.1 Å². The molecule has 2 rings (SSSR count). The molecule has 0 unspecified atom stereocenters. The van der Waals surface area contributed by atoms with Crippen molar-refractivity contribution in [3.8, 4) is 0 Å². The summed E-state index contributed by atoms with van der Waals surface area (Å²) in [6, 6.07) is 6.94. The van der Waals surface area contributed by atoms with Crippen LogP contribution in [0.15, 0.2) is 28.6 Å². The molecule has 0 bridgehead atoms. The minimum absolute atomic E-state index is 0.149. The third kappa shape index (κ3) is 2.82. The molecule has 2 aromatic rings. The van der Waals surface area contributed by atoms with Crippen LogP contribution >= 0.6 is 11.3 Å². The van der Waals surface area contributed by atoms with E-state index in [-0.39, 0.29) is 4.34 Å². The molecule has 0 aliphatic carbocycles. The molecular weight excluding hydrogens is 282 g/mol. The average molecular weight is 291 g/mol. The van der Waals surface area contributed by atoms with Crippen molar-refractivity contribution in [1.82, 2.24) is 4.98 Å². The van der Waals surface area contributed by atoms with Crippen molar-refractivity contribution in [1.29, 1.82) is 0 Å². The zero-order chi connectivity index (χ0) is 12.7. The monoisotopic (exact) mass is 291 g/mol. The van der Waals surface area contributed by atoms with Crippen LogP contribution in [0, 0.1) is 0 Å². The third-order valence-corrected chi connectivity index (χ3v) is 7.33. The van der Waals surface area contributed by atoms with E-state index >= 15 is 0 Å². The molecule has 17 heavy (non-hydrogen) atoms. The van der Waals surface area contributed by atoms with Gasteiger partial charge < -0.3 is 0 Å². The predicted molar refractivity (Wildman–Crippen MR) is 66.5 cm³/mol. The molecule has 5 nitrogen and oxygen atoms in total. The highest BCUT2D eigenvalue weighted by Crippen LogP contribution is 2.26. The minimum Gasteiger partial charge on any atom is -0.228 e. The van der Waals surface area contributed by atoms with E-state index in [0.717, 1.165) is 22.3 Å². The second-order valence-electron chi connectivity index (χ2n) is 3.61. The van der Waals surface area contributed by atoms with Crippen LogP contribution in [0.4, 0.5) is 0 Å². The summed E-state index contributed by atoms with van der Waals surface area (Å²) < 4.78 is 46.2. The maximum absolute atomic E-state index is 11.8. The molecule has 1 aromatic carbocycles. The highest BCUT2D eigenvalue weighted by molar-refractivity contribution is 8.08. The maximum atomic E-state index is 11.8. The number of hydrogen-bond donors (Lipinski definition) is 0. The van der Waals surface area contributed by atoms with Gasteiger partial charge in [-0.3, -0.25) is 0 Å². The standard InChI is InChI=1S/C9H9NO4S3/c1-16(11,12)6-17(13,14)9-10-7-4-2-3-5-8(7)15-9/h2-5H,6H2,1H3. The molecule has 0 saturated carbocycles. The maximum Gasteiger partial charge on any atom is 0.219 e. The fourth-order valence-corrected chi connectivity index (χ4v) is 6.12. The summed E-state index contributed by atoms with van der Waals surface area (Å²) in [6.45, 7) is 0. The van der Waals surface area contributed by atoms with Crippen LogP contribution in [-0.4, -0.2) is 33.2 Å². The van der Waals surface area contributed by atoms with Crippen LogP contribution in [0.5, 0.6) is 0 Å². The van der Waals surface area contributed by atoms with Crippen molar-refractivity contribution in [2.45, 2.75) is 4.34 Å². The molecule has 0 aliphatic heterocycles. The van der Waals surface area contributed by atoms with Gasteiger partial charge in [-0.25, -0.2) is 21.8 Å². The number of hydrogen-bond acceptors (Lipinski definition) is 6. The topological polar surface area (TPSA) is 81.2 Å². The smallest absolute Gasteiger partial charge is 0.219 e. The Balaban J connectivity index is 2.53. The van der Waals surface area contributed by atoms with Crippen molar-refractivity contribution >= 4 is 41.2 Å². The Kier molecular flexibility index (Phi) is 2.96. The summed E-state index contributed by atoms with van der Waals surface area (Å²) in [7, 11) is -7.45. The predicted octanol–water partition coefficient (Wildman–Crippen LogP) is 1.07. The highest BCUT2D eigenvalue weighted by Gasteiger charge is 2.24. The van der Waals surface area contributed by atoms with E-state index in [1.807, 2.05) is 0 Å². The normalized spacial score (nSPS) is 13.0. The van der Waals surface area contributed by atoms with E-state index in [2.05, 4.69) is 4.98 Å². The quantitative estimate of drug-likeness (QED) is 0.845. The largest absolute Gasteiger partial charge is 0.228 e. The second-order valence-corrected chi connectivity index (χ2v) is 9.31. The van der Waals surface area contributed by atoms with Gasteiger partial charge in [0.25, 0.3) is 0 Å². The van der Waals surface area contributed by atoms with Crippen LogP contribution in [0.3, 0.4) is 0 Å². The van der Waals surface area contributed by atoms with Crippen LogP contribution in [0.25, 0.3) is 10.2 Å². The van der Waals surface area contributed by atoms with Gasteiger partial charge in [0.1, 0.15) is 0 Å². The Labute approximate surface area is 103 Å². The SMILES string of the molecule is CS(=O)(=O)CS(=O)(=O)c1nc2ccccc2s1. The number of sulfone groups is 2. The molecule has 0 amide bonds. The molecular formula is C9H9NO4S3. The number of aromatic nitrogens is 1. The van der Waals surface area contributed by atoms with E-state index in [4.69, 9.17) is 0 Å². The first-order chi connectivity index (χ1) is 7.78. The van der Waals surface area contributed by atoms with Crippen LogP contribution < -0.4 is 0 Å². The Hall–Kier alpha value is -0.990. The first kappa shape index (κ1) is 12.5. The first-order valence-electron chi connectivity index (χ1n) is 4.54. The Morgan fingerprint density at radius 2 is 1.82 bits per heavy atom. The van der Waals surface area contributed by atoms with Gasteiger partial charge in [0.2, 0.25) is 14.2 Å². The second kappa shape index (κ2) is 4.04. The fourth-order valence-electron chi connectivity index (χ4n) is 1.32. The molecule has 0 aliphatic rings. The number of benzene rings is 1. The summed E-state index contributed by atoms with van der Waals surface area (Å²) in [6.07, 6.45) is 0.887. The molecule has 0 saturated heterocycles. The van der Waals surface area contributed by atoms with E-state index in [9.17, 15) is 16.8 Å². The summed E-state index contributed by atoms with van der Waals surface area (Å²) in [5.74, 6) is 0. The summed E-state index contributed by atoms with van der Waals surface area (Å²) in [4.78, 5) is 3.93. The van der Waals surface area contributed by atoms with Gasteiger partial charge in [-0.1, -0.05) is 12.1 Å². The van der Waals surface area contributed by atoms with Crippen molar-refractivity contribution in [3.63, 3.8) is 0 Å². The molecule has 0 spiro atoms. The molecule has 0 radical (unpaired) electrons. The number of nitrogens with zero attached hydrogens (tertiary/aromatic N) is 1. The van der Waals surface area contributed by atoms with Gasteiger partial charge in [-0.2, -0.15) is 0 Å². The zero-order valence-electron chi connectivity index (χ0n) is 8.82. The molecule has 0 N–H and O–H groups in total. The van der Waals surface area contributed by atoms with Crippen LogP contribution in [0.1, 0.15) is 0 Å². The number of para-hydroxylation sites is 1. The summed E-state index contributed by atoms with van der Waals surface area (Å²) >= 11 is 0.981. The number of rotatable bonds is 3. The van der Waals surface area contributed by atoms with Gasteiger partial charge >= 0.3 is 0 Å². The summed E-state index contributed by atoms with van der Waals surface area (Å²) in [5, 5.41) is -0.903. The van der Waals surface area contributed by atoms with E-state index in [1.54, 1.807) is 24.3 Å². The van der Waals surface area contributed by atoms with Gasteiger partial charge in [-0.15, -0.1) is 11.3 Å². The van der Waals surface area contributed by atoms with E-state index < -0.39 is 24.8 Å². The fraction of sp³-hybridized carbons (Fsp3) is 0.222. The number of fused-ring (bicyclic) bond motifs is 1. The molecule has 0 atom stereocenters. The lowest BCUT2D eigenvalue weighted by Crippen LogP contribution is -2.14. The third-order valence-electron chi connectivity index (χ3n) is 1.91. The highest BCUT2D eigenvalue weighted by atomic mass is 32.3. The Morgan fingerprint density at radius 1 is 1.18 bits per heavy atom. The lowest BCUT2D eigenvalue weighted by molar-refractivity contribution is 0.591. The molecule has 8 heteroatoms. The molecule has 1 aromatic heterocycles. The van der Waals surface area contributed by atoms with Gasteiger partial charge in [0.15, 0.2) is 14.9 Å². The molecule has 1 heterocycles. The zero-order valence-corrected chi connectivity index (χ0v) is 11.3. The van der Waals surface area contributed by atoms with E-state index in [0.29, 0.717) is 5.52 Å². The van der Waals surface area contributed by atoms with Crippen molar-refractivity contribution in [3.05, 3.63) is 24.3 Å². The summed E-state index contributed by atoms with van der Waals surface area (Å²) in [5.41, 5.74) is 0.560. The van der Waals surface area contributed by atoms with Gasteiger partial charge in [0.05, 0.1) is 10.2 Å². The molecule has 92 valence electrons. The van der Waals surface area contributed by atoms with Crippen LogP contribution in [0.2, 0.25) is 0 Å². The minimum atomic E-state index is -3.86. The van der Waals surface area contributed by atoms with Gasteiger partial charge in [0, 0.05) is 6.26 Å². The molecule has 0 fully saturated rings. The number of thiazole rings is 1. The Bertz CT molecular complexity index is 725. The Morgan fingerprint density at radius 3 is 2.41 bits per heavy atom. The van der Waals surface area contributed by atoms with Crippen molar-refractivity contribution < 1.29 is 16.8 Å². The van der Waals surface area contributed by atoms with Crippen molar-refractivity contribution in [2.24, 2.45) is 0 Å². The van der Waals surface area contributed by atoms with Crippen molar-refractivity contribution in [2.75, 3.05) is 11.3 Å².